The van der Waals surface area contributed by atoms with Crippen molar-refractivity contribution >= 4 is 11.5 Å². The predicted octanol–water partition coefficient (Wildman–Crippen LogP) is 3.68. The minimum Gasteiger partial charge on any atom is -0.379 e. The highest BCUT2D eigenvalue weighted by Crippen LogP contribution is 2.43. The van der Waals surface area contributed by atoms with Gasteiger partial charge in [0.25, 0.3) is 5.91 Å². The molecule has 1 aliphatic heterocycles. The molecule has 1 aromatic heterocycles. The van der Waals surface area contributed by atoms with E-state index in [9.17, 15) is 9.90 Å². The van der Waals surface area contributed by atoms with Gasteiger partial charge in [0, 0.05) is 42.6 Å². The van der Waals surface area contributed by atoms with Gasteiger partial charge in [-0.25, -0.2) is 0 Å². The van der Waals surface area contributed by atoms with E-state index in [1.165, 1.54) is 0 Å². The van der Waals surface area contributed by atoms with Crippen LogP contribution in [0.2, 0.25) is 0 Å². The SMILES string of the molecule is O=C(c1ccc2c(c1)Cc1c-2n[nH]c1C1(O)C=CC(c2ccccc2)=CC1)N1CCOCC1. The van der Waals surface area contributed by atoms with Gasteiger partial charge in [-0.3, -0.25) is 9.89 Å². The van der Waals surface area contributed by atoms with Crippen molar-refractivity contribution in [1.29, 1.82) is 0 Å². The summed E-state index contributed by atoms with van der Waals surface area (Å²) in [6.45, 7) is 2.42. The summed E-state index contributed by atoms with van der Waals surface area (Å²) in [7, 11) is 0. The Bertz CT molecular complexity index is 1290. The first kappa shape index (κ1) is 20.1. The van der Waals surface area contributed by atoms with E-state index >= 15 is 0 Å². The topological polar surface area (TPSA) is 78.5 Å². The van der Waals surface area contributed by atoms with Gasteiger partial charge in [-0.05, 0) is 34.9 Å². The summed E-state index contributed by atoms with van der Waals surface area (Å²) >= 11 is 0. The summed E-state index contributed by atoms with van der Waals surface area (Å²) < 4.78 is 5.36. The van der Waals surface area contributed by atoms with Gasteiger partial charge in [-0.15, -0.1) is 0 Å². The molecule has 2 N–H and O–H groups in total. The van der Waals surface area contributed by atoms with Crippen molar-refractivity contribution in [1.82, 2.24) is 15.1 Å². The fourth-order valence-corrected chi connectivity index (χ4v) is 5.02. The third-order valence-corrected chi connectivity index (χ3v) is 6.85. The molecule has 0 spiro atoms. The number of rotatable bonds is 3. The van der Waals surface area contributed by atoms with Crippen molar-refractivity contribution in [2.24, 2.45) is 0 Å². The zero-order valence-electron chi connectivity index (χ0n) is 18.3. The van der Waals surface area contributed by atoms with E-state index in [1.807, 2.05) is 53.5 Å². The number of carbonyl (C=O) groups excluding carboxylic acids is 1. The maximum Gasteiger partial charge on any atom is 0.254 e. The van der Waals surface area contributed by atoms with Crippen LogP contribution in [0.5, 0.6) is 0 Å². The number of carbonyl (C=O) groups is 1. The highest BCUT2D eigenvalue weighted by molar-refractivity contribution is 5.95. The van der Waals surface area contributed by atoms with Gasteiger partial charge < -0.3 is 14.7 Å². The number of benzene rings is 2. The third-order valence-electron chi connectivity index (χ3n) is 6.85. The number of hydrogen-bond donors (Lipinski definition) is 2. The summed E-state index contributed by atoms with van der Waals surface area (Å²) in [6.07, 6.45) is 7.03. The van der Waals surface area contributed by atoms with Crippen LogP contribution in [0.3, 0.4) is 0 Å². The molecule has 2 aromatic carbocycles. The standard InChI is InChI=1S/C27H25N3O3/c31-26(30-12-14-33-15-13-30)20-6-7-22-21(16-20)17-23-24(22)28-29-25(23)27(32)10-8-19(9-11-27)18-4-2-1-3-5-18/h1-10,16,32H,11-15,17H2,(H,28,29). The maximum absolute atomic E-state index is 12.9. The molecule has 166 valence electrons. The number of allylic oxidation sites excluding steroid dienone is 2. The van der Waals surface area contributed by atoms with Crippen molar-refractivity contribution in [2.45, 2.75) is 18.4 Å². The molecule has 1 amide bonds. The van der Waals surface area contributed by atoms with Gasteiger partial charge >= 0.3 is 0 Å². The highest BCUT2D eigenvalue weighted by atomic mass is 16.5. The number of ether oxygens (including phenoxy) is 1. The van der Waals surface area contributed by atoms with Gasteiger partial charge in [0.1, 0.15) is 5.60 Å². The zero-order chi connectivity index (χ0) is 22.4. The van der Waals surface area contributed by atoms with Crippen molar-refractivity contribution in [3.8, 4) is 11.3 Å². The quantitative estimate of drug-likeness (QED) is 0.510. The molecule has 1 unspecified atom stereocenters. The highest BCUT2D eigenvalue weighted by Gasteiger charge is 2.36. The Morgan fingerprint density at radius 1 is 1.12 bits per heavy atom. The fourth-order valence-electron chi connectivity index (χ4n) is 5.02. The second-order valence-corrected chi connectivity index (χ2v) is 8.87. The van der Waals surface area contributed by atoms with Crippen LogP contribution < -0.4 is 0 Å². The van der Waals surface area contributed by atoms with E-state index in [1.54, 1.807) is 0 Å². The molecule has 2 heterocycles. The lowest BCUT2D eigenvalue weighted by Crippen LogP contribution is -2.40. The van der Waals surface area contributed by atoms with Crippen molar-refractivity contribution in [3.05, 3.63) is 94.7 Å². The average molecular weight is 440 g/mol. The second kappa shape index (κ2) is 7.83. The molecule has 3 aliphatic rings. The Labute approximate surface area is 192 Å². The molecule has 2 aliphatic carbocycles. The smallest absolute Gasteiger partial charge is 0.254 e. The van der Waals surface area contributed by atoms with Crippen LogP contribution in [0.25, 0.3) is 16.8 Å². The molecule has 1 fully saturated rings. The normalized spacial score (nSPS) is 21.5. The number of aromatic amines is 1. The van der Waals surface area contributed by atoms with Gasteiger partial charge in [0.2, 0.25) is 0 Å². The van der Waals surface area contributed by atoms with E-state index in [-0.39, 0.29) is 5.91 Å². The summed E-state index contributed by atoms with van der Waals surface area (Å²) in [5.74, 6) is 0.0415. The molecule has 6 rings (SSSR count). The fraction of sp³-hybridized carbons (Fsp3) is 0.259. The number of aromatic nitrogens is 2. The number of hydrogen-bond acceptors (Lipinski definition) is 4. The molecule has 6 heteroatoms. The van der Waals surface area contributed by atoms with E-state index in [2.05, 4.69) is 28.4 Å². The van der Waals surface area contributed by atoms with Crippen molar-refractivity contribution in [3.63, 3.8) is 0 Å². The van der Waals surface area contributed by atoms with Crippen LogP contribution in [0.15, 0.2) is 66.8 Å². The van der Waals surface area contributed by atoms with Crippen LogP contribution in [0, 0.1) is 0 Å². The van der Waals surface area contributed by atoms with Crippen LogP contribution in [0.4, 0.5) is 0 Å². The Balaban J connectivity index is 1.26. The second-order valence-electron chi connectivity index (χ2n) is 8.87. The molecular weight excluding hydrogens is 414 g/mol. The molecule has 0 saturated carbocycles. The first-order chi connectivity index (χ1) is 16.1. The van der Waals surface area contributed by atoms with Crippen LogP contribution in [0.1, 0.15) is 39.2 Å². The lowest BCUT2D eigenvalue weighted by Gasteiger charge is -2.27. The lowest BCUT2D eigenvalue weighted by molar-refractivity contribution is 0.0303. The number of aliphatic hydroxyl groups is 1. The summed E-state index contributed by atoms with van der Waals surface area (Å²) in [6, 6.07) is 16.0. The Morgan fingerprint density at radius 2 is 1.94 bits per heavy atom. The average Bonchev–Trinajstić information content (AvgIpc) is 3.44. The number of amides is 1. The van der Waals surface area contributed by atoms with Gasteiger partial charge in [0.15, 0.2) is 0 Å². The van der Waals surface area contributed by atoms with Crippen LogP contribution >= 0.6 is 0 Å². The monoisotopic (exact) mass is 439 g/mol. The van der Waals surface area contributed by atoms with Crippen molar-refractivity contribution < 1.29 is 14.6 Å². The van der Waals surface area contributed by atoms with Gasteiger partial charge in [-0.2, -0.15) is 5.10 Å². The molecule has 1 atom stereocenters. The van der Waals surface area contributed by atoms with Crippen LogP contribution in [-0.4, -0.2) is 52.4 Å². The minimum absolute atomic E-state index is 0.0415. The zero-order valence-corrected chi connectivity index (χ0v) is 18.3. The van der Waals surface area contributed by atoms with E-state index in [0.717, 1.165) is 39.2 Å². The summed E-state index contributed by atoms with van der Waals surface area (Å²) in [5, 5.41) is 19.1. The number of H-pyrrole nitrogens is 1. The number of nitrogens with zero attached hydrogens (tertiary/aromatic N) is 2. The summed E-state index contributed by atoms with van der Waals surface area (Å²) in [5.41, 5.74) is 6.50. The molecule has 6 nitrogen and oxygen atoms in total. The molecule has 3 aromatic rings. The Hall–Kier alpha value is -3.48. The summed E-state index contributed by atoms with van der Waals surface area (Å²) in [4.78, 5) is 14.8. The first-order valence-electron chi connectivity index (χ1n) is 11.4. The molecular formula is C27H25N3O3. The molecule has 0 bridgehead atoms. The minimum atomic E-state index is -1.13. The Morgan fingerprint density at radius 3 is 2.70 bits per heavy atom. The molecule has 33 heavy (non-hydrogen) atoms. The van der Waals surface area contributed by atoms with E-state index in [4.69, 9.17) is 4.74 Å². The predicted molar refractivity (Wildman–Crippen MR) is 126 cm³/mol. The van der Waals surface area contributed by atoms with Gasteiger partial charge in [0.05, 0.1) is 24.6 Å². The molecule has 0 radical (unpaired) electrons. The van der Waals surface area contributed by atoms with E-state index < -0.39 is 5.60 Å². The van der Waals surface area contributed by atoms with E-state index in [0.29, 0.717) is 44.7 Å². The lowest BCUT2D eigenvalue weighted by atomic mass is 9.85. The van der Waals surface area contributed by atoms with Crippen LogP contribution in [-0.2, 0) is 16.8 Å². The van der Waals surface area contributed by atoms with Crippen molar-refractivity contribution in [2.75, 3.05) is 26.3 Å². The molecule has 1 saturated heterocycles. The number of nitrogens with one attached hydrogen (secondary N) is 1. The van der Waals surface area contributed by atoms with Gasteiger partial charge in [-0.1, -0.05) is 48.6 Å². The number of morpholine rings is 1. The largest absolute Gasteiger partial charge is 0.379 e. The third kappa shape index (κ3) is 3.43. The Kier molecular flexibility index (Phi) is 4.78. The number of fused-ring (bicyclic) bond motifs is 3. The first-order valence-corrected chi connectivity index (χ1v) is 11.4. The maximum atomic E-state index is 12.9.